The number of thiocarbonyl (C=S) groups is 1. The Balaban J connectivity index is 3.22. The van der Waals surface area contributed by atoms with Crippen LogP contribution in [-0.2, 0) is 0 Å². The minimum absolute atomic E-state index is 0.0724. The monoisotopic (exact) mass is 298 g/mol. The SMILES string of the molecule is CCN(CC(F)(F)F)c1c(F)cc(C(N)=S)cc1F. The summed E-state index contributed by atoms with van der Waals surface area (Å²) in [7, 11) is 0. The van der Waals surface area contributed by atoms with Gasteiger partial charge in [0.2, 0.25) is 0 Å². The van der Waals surface area contributed by atoms with Gasteiger partial charge in [0.05, 0.1) is 0 Å². The lowest BCUT2D eigenvalue weighted by molar-refractivity contribution is -0.119. The van der Waals surface area contributed by atoms with Gasteiger partial charge in [0, 0.05) is 12.1 Å². The summed E-state index contributed by atoms with van der Waals surface area (Å²) in [5.41, 5.74) is 4.41. The minimum Gasteiger partial charge on any atom is -0.389 e. The average molecular weight is 298 g/mol. The van der Waals surface area contributed by atoms with Gasteiger partial charge in [-0.3, -0.25) is 0 Å². The molecule has 19 heavy (non-hydrogen) atoms. The van der Waals surface area contributed by atoms with Crippen LogP contribution in [0.2, 0.25) is 0 Å². The molecule has 0 aliphatic heterocycles. The van der Waals surface area contributed by atoms with Gasteiger partial charge in [0.15, 0.2) is 0 Å². The topological polar surface area (TPSA) is 29.3 Å². The Kier molecular flexibility index (Phi) is 4.67. The average Bonchev–Trinajstić information content (AvgIpc) is 2.24. The van der Waals surface area contributed by atoms with Crippen molar-refractivity contribution >= 4 is 22.9 Å². The number of hydrogen-bond donors (Lipinski definition) is 1. The fourth-order valence-electron chi connectivity index (χ4n) is 1.58. The number of anilines is 1. The highest BCUT2D eigenvalue weighted by atomic mass is 32.1. The third-order valence-electron chi connectivity index (χ3n) is 2.37. The summed E-state index contributed by atoms with van der Waals surface area (Å²) in [5.74, 6) is -2.26. The van der Waals surface area contributed by atoms with Crippen LogP contribution >= 0.6 is 12.2 Å². The molecule has 0 aromatic heterocycles. The zero-order valence-corrected chi connectivity index (χ0v) is 10.7. The number of hydrogen-bond acceptors (Lipinski definition) is 2. The Morgan fingerprint density at radius 1 is 1.26 bits per heavy atom. The first-order valence-corrected chi connectivity index (χ1v) is 5.67. The van der Waals surface area contributed by atoms with Crippen molar-refractivity contribution in [2.45, 2.75) is 13.1 Å². The van der Waals surface area contributed by atoms with E-state index in [9.17, 15) is 22.0 Å². The summed E-state index contributed by atoms with van der Waals surface area (Å²) in [5, 5.41) is 0. The lowest BCUT2D eigenvalue weighted by atomic mass is 10.1. The molecule has 0 amide bonds. The molecule has 2 nitrogen and oxygen atoms in total. The predicted octanol–water partition coefficient (Wildman–Crippen LogP) is 2.99. The molecule has 0 aliphatic rings. The van der Waals surface area contributed by atoms with E-state index in [-0.39, 0.29) is 17.1 Å². The maximum Gasteiger partial charge on any atom is 0.405 e. The molecule has 0 aliphatic carbocycles. The van der Waals surface area contributed by atoms with Crippen LogP contribution in [0.15, 0.2) is 12.1 Å². The number of halogens is 5. The molecule has 8 heteroatoms. The number of benzene rings is 1. The Morgan fingerprint density at radius 2 is 1.74 bits per heavy atom. The van der Waals surface area contributed by atoms with Crippen molar-refractivity contribution in [3.8, 4) is 0 Å². The first-order valence-electron chi connectivity index (χ1n) is 5.26. The molecule has 1 rings (SSSR count). The van der Waals surface area contributed by atoms with E-state index in [4.69, 9.17) is 5.73 Å². The summed E-state index contributed by atoms with van der Waals surface area (Å²) in [6, 6.07) is 1.64. The van der Waals surface area contributed by atoms with Gasteiger partial charge >= 0.3 is 6.18 Å². The van der Waals surface area contributed by atoms with Crippen molar-refractivity contribution in [2.24, 2.45) is 5.73 Å². The van der Waals surface area contributed by atoms with Crippen LogP contribution in [0.5, 0.6) is 0 Å². The summed E-state index contributed by atoms with van der Waals surface area (Å²) in [4.78, 5) is 0.330. The van der Waals surface area contributed by atoms with E-state index in [1.54, 1.807) is 0 Å². The van der Waals surface area contributed by atoms with E-state index < -0.39 is 30.0 Å². The Morgan fingerprint density at radius 3 is 2.05 bits per heavy atom. The molecule has 106 valence electrons. The van der Waals surface area contributed by atoms with E-state index in [0.29, 0.717) is 4.90 Å². The zero-order valence-electron chi connectivity index (χ0n) is 9.89. The van der Waals surface area contributed by atoms with Gasteiger partial charge < -0.3 is 10.6 Å². The molecule has 1 aromatic rings. The van der Waals surface area contributed by atoms with E-state index in [1.165, 1.54) is 6.92 Å². The van der Waals surface area contributed by atoms with Crippen LogP contribution in [0, 0.1) is 11.6 Å². The second kappa shape index (κ2) is 5.68. The second-order valence-corrected chi connectivity index (χ2v) is 4.22. The molecule has 0 saturated carbocycles. The fourth-order valence-corrected chi connectivity index (χ4v) is 1.69. The van der Waals surface area contributed by atoms with Crippen LogP contribution in [-0.4, -0.2) is 24.3 Å². The summed E-state index contributed by atoms with van der Waals surface area (Å²) in [6.07, 6.45) is -4.56. The third kappa shape index (κ3) is 4.02. The van der Waals surface area contributed by atoms with Gasteiger partial charge in [-0.2, -0.15) is 13.2 Å². The molecular weight excluding hydrogens is 287 g/mol. The highest BCUT2D eigenvalue weighted by Gasteiger charge is 2.32. The number of nitrogens with two attached hydrogens (primary N) is 1. The van der Waals surface area contributed by atoms with E-state index >= 15 is 0 Å². The van der Waals surface area contributed by atoms with Crippen LogP contribution in [0.1, 0.15) is 12.5 Å². The lowest BCUT2D eigenvalue weighted by Crippen LogP contribution is -2.35. The van der Waals surface area contributed by atoms with Gasteiger partial charge in [-0.25, -0.2) is 8.78 Å². The van der Waals surface area contributed by atoms with E-state index in [0.717, 1.165) is 12.1 Å². The summed E-state index contributed by atoms with van der Waals surface area (Å²) in [6.45, 7) is -0.268. The minimum atomic E-state index is -4.56. The van der Waals surface area contributed by atoms with Gasteiger partial charge in [-0.15, -0.1) is 0 Å². The normalized spacial score (nSPS) is 11.5. The first-order chi connectivity index (χ1) is 8.65. The van der Waals surface area contributed by atoms with Crippen molar-refractivity contribution in [3.05, 3.63) is 29.3 Å². The highest BCUT2D eigenvalue weighted by molar-refractivity contribution is 7.80. The van der Waals surface area contributed by atoms with Crippen LogP contribution < -0.4 is 10.6 Å². The molecule has 0 bridgehead atoms. The van der Waals surface area contributed by atoms with Gasteiger partial charge in [0.25, 0.3) is 0 Å². The summed E-state index contributed by atoms with van der Waals surface area (Å²) >= 11 is 4.56. The van der Waals surface area contributed by atoms with Crippen molar-refractivity contribution in [2.75, 3.05) is 18.0 Å². The van der Waals surface area contributed by atoms with Crippen molar-refractivity contribution < 1.29 is 22.0 Å². The fraction of sp³-hybridized carbons (Fsp3) is 0.364. The largest absolute Gasteiger partial charge is 0.405 e. The van der Waals surface area contributed by atoms with Gasteiger partial charge in [-0.05, 0) is 19.1 Å². The standard InChI is InChI=1S/C11H11F5N2S/c1-2-18(5-11(14,15)16)9-7(12)3-6(10(17)19)4-8(9)13/h3-4H,2,5H2,1H3,(H2,17,19). The smallest absolute Gasteiger partial charge is 0.389 e. The molecule has 0 atom stereocenters. The molecule has 0 saturated heterocycles. The third-order valence-corrected chi connectivity index (χ3v) is 2.61. The molecular formula is C11H11F5N2S. The predicted molar refractivity (Wildman–Crippen MR) is 66.2 cm³/mol. The van der Waals surface area contributed by atoms with Crippen LogP contribution in [0.25, 0.3) is 0 Å². The maximum absolute atomic E-state index is 13.7. The van der Waals surface area contributed by atoms with Crippen LogP contribution in [0.4, 0.5) is 27.6 Å². The van der Waals surface area contributed by atoms with Crippen LogP contribution in [0.3, 0.4) is 0 Å². The zero-order chi connectivity index (χ0) is 14.8. The molecule has 0 radical (unpaired) electrons. The van der Waals surface area contributed by atoms with Gasteiger partial charge in [-0.1, -0.05) is 12.2 Å². The lowest BCUT2D eigenvalue weighted by Gasteiger charge is -2.25. The molecule has 0 spiro atoms. The molecule has 1 aromatic carbocycles. The summed E-state index contributed by atoms with van der Waals surface area (Å²) < 4.78 is 64.4. The number of alkyl halides is 3. The van der Waals surface area contributed by atoms with Crippen molar-refractivity contribution in [1.82, 2.24) is 0 Å². The van der Waals surface area contributed by atoms with E-state index in [1.807, 2.05) is 0 Å². The highest BCUT2D eigenvalue weighted by Crippen LogP contribution is 2.28. The first kappa shape index (κ1) is 15.6. The second-order valence-electron chi connectivity index (χ2n) is 3.78. The number of rotatable bonds is 4. The molecule has 0 fully saturated rings. The maximum atomic E-state index is 13.7. The Bertz CT molecular complexity index is 463. The Labute approximate surface area is 112 Å². The molecule has 0 unspecified atom stereocenters. The van der Waals surface area contributed by atoms with E-state index in [2.05, 4.69) is 12.2 Å². The van der Waals surface area contributed by atoms with Crippen molar-refractivity contribution in [3.63, 3.8) is 0 Å². The quantitative estimate of drug-likeness (QED) is 0.684. The number of nitrogens with zero attached hydrogens (tertiary/aromatic N) is 1. The Hall–Kier alpha value is -1.44. The van der Waals surface area contributed by atoms with Crippen molar-refractivity contribution in [1.29, 1.82) is 0 Å². The molecule has 0 heterocycles. The molecule has 2 N–H and O–H groups in total. The van der Waals surface area contributed by atoms with Gasteiger partial charge in [0.1, 0.15) is 28.9 Å².